The third-order valence-corrected chi connectivity index (χ3v) is 5.07. The van der Waals surface area contributed by atoms with Gasteiger partial charge in [0.2, 0.25) is 0 Å². The number of esters is 1. The predicted molar refractivity (Wildman–Crippen MR) is 102 cm³/mol. The molecule has 0 saturated carbocycles. The molecule has 0 spiro atoms. The lowest BCUT2D eigenvalue weighted by Crippen LogP contribution is -2.57. The van der Waals surface area contributed by atoms with E-state index < -0.39 is 0 Å². The number of pyridine rings is 1. The second-order valence-corrected chi connectivity index (χ2v) is 6.97. The van der Waals surface area contributed by atoms with Crippen LogP contribution in [0.2, 0.25) is 0 Å². The van der Waals surface area contributed by atoms with E-state index in [1.807, 2.05) is 23.1 Å². The number of methoxy groups -OCH3 is 1. The molecule has 1 aliphatic rings. The molecule has 0 bridgehead atoms. The smallest absolute Gasteiger partial charge is 0.338 e. The standard InChI is InChI=1S/C21H25N3O3/c1-15-12-23(20(25)17-8-6-10-22-11-17)13-16(2)24(15)14-18-7-4-5-9-19(18)21(26)27-3/h4-11,15-16H,12-14H2,1-3H3/t15-,16+. The summed E-state index contributed by atoms with van der Waals surface area (Å²) < 4.78 is 4.90. The highest BCUT2D eigenvalue weighted by molar-refractivity contribution is 5.94. The molecule has 0 N–H and O–H groups in total. The molecular weight excluding hydrogens is 342 g/mol. The number of benzene rings is 1. The van der Waals surface area contributed by atoms with E-state index in [1.165, 1.54) is 7.11 Å². The number of amides is 1. The minimum absolute atomic E-state index is 0.0106. The molecule has 6 heteroatoms. The van der Waals surface area contributed by atoms with E-state index in [4.69, 9.17) is 4.74 Å². The number of rotatable bonds is 4. The molecule has 2 heterocycles. The van der Waals surface area contributed by atoms with Gasteiger partial charge in [0, 0.05) is 44.1 Å². The zero-order valence-corrected chi connectivity index (χ0v) is 16.0. The topological polar surface area (TPSA) is 62.7 Å². The van der Waals surface area contributed by atoms with Gasteiger partial charge in [0.05, 0.1) is 18.2 Å². The first-order valence-corrected chi connectivity index (χ1v) is 9.12. The Kier molecular flexibility index (Phi) is 5.86. The molecule has 1 aliphatic heterocycles. The Morgan fingerprint density at radius 2 is 1.81 bits per heavy atom. The first kappa shape index (κ1) is 19.0. The van der Waals surface area contributed by atoms with E-state index in [-0.39, 0.29) is 24.0 Å². The number of nitrogens with zero attached hydrogens (tertiary/aromatic N) is 3. The van der Waals surface area contributed by atoms with E-state index in [2.05, 4.69) is 23.7 Å². The molecule has 0 radical (unpaired) electrons. The molecule has 1 saturated heterocycles. The Morgan fingerprint density at radius 1 is 1.11 bits per heavy atom. The van der Waals surface area contributed by atoms with Crippen molar-refractivity contribution in [1.29, 1.82) is 0 Å². The Morgan fingerprint density at radius 3 is 2.44 bits per heavy atom. The Balaban J connectivity index is 1.74. The lowest BCUT2D eigenvalue weighted by molar-refractivity contribution is 0.0266. The van der Waals surface area contributed by atoms with Crippen molar-refractivity contribution in [3.05, 3.63) is 65.5 Å². The normalized spacial score (nSPS) is 20.3. The van der Waals surface area contributed by atoms with Gasteiger partial charge in [-0.05, 0) is 37.6 Å². The largest absolute Gasteiger partial charge is 0.465 e. The molecule has 1 amide bonds. The summed E-state index contributed by atoms with van der Waals surface area (Å²) in [5.74, 6) is -0.312. The molecule has 2 aromatic rings. The van der Waals surface area contributed by atoms with Gasteiger partial charge < -0.3 is 9.64 Å². The lowest BCUT2D eigenvalue weighted by atomic mass is 10.0. The number of carbonyl (C=O) groups is 2. The van der Waals surface area contributed by atoms with Gasteiger partial charge >= 0.3 is 5.97 Å². The van der Waals surface area contributed by atoms with Gasteiger partial charge in [0.25, 0.3) is 5.91 Å². The molecular formula is C21H25N3O3. The van der Waals surface area contributed by atoms with Crippen LogP contribution >= 0.6 is 0 Å². The third-order valence-electron chi connectivity index (χ3n) is 5.07. The van der Waals surface area contributed by atoms with Gasteiger partial charge in [0.1, 0.15) is 0 Å². The monoisotopic (exact) mass is 367 g/mol. The number of piperazine rings is 1. The van der Waals surface area contributed by atoms with Crippen LogP contribution < -0.4 is 0 Å². The molecule has 1 fully saturated rings. The molecule has 142 valence electrons. The summed E-state index contributed by atoms with van der Waals surface area (Å²) in [5, 5.41) is 0. The maximum absolute atomic E-state index is 12.7. The maximum Gasteiger partial charge on any atom is 0.338 e. The third kappa shape index (κ3) is 4.17. The van der Waals surface area contributed by atoms with Crippen LogP contribution in [0.1, 0.15) is 40.1 Å². The summed E-state index contributed by atoms with van der Waals surface area (Å²) in [7, 11) is 1.40. The van der Waals surface area contributed by atoms with Gasteiger partial charge in [0.15, 0.2) is 0 Å². The summed E-state index contributed by atoms with van der Waals surface area (Å²) in [5.41, 5.74) is 2.14. The summed E-state index contributed by atoms with van der Waals surface area (Å²) in [6.45, 7) is 6.14. The summed E-state index contributed by atoms with van der Waals surface area (Å²) >= 11 is 0. The fraction of sp³-hybridized carbons (Fsp3) is 0.381. The highest BCUT2D eigenvalue weighted by Gasteiger charge is 2.32. The number of aromatic nitrogens is 1. The average Bonchev–Trinajstić information content (AvgIpc) is 2.70. The second-order valence-electron chi connectivity index (χ2n) is 6.97. The van der Waals surface area contributed by atoms with Crippen molar-refractivity contribution in [3.8, 4) is 0 Å². The van der Waals surface area contributed by atoms with E-state index in [1.54, 1.807) is 30.6 Å². The molecule has 0 unspecified atom stereocenters. The van der Waals surface area contributed by atoms with Crippen molar-refractivity contribution < 1.29 is 14.3 Å². The van der Waals surface area contributed by atoms with E-state index >= 15 is 0 Å². The zero-order chi connectivity index (χ0) is 19.4. The number of hydrogen-bond donors (Lipinski definition) is 0. The van der Waals surface area contributed by atoms with Gasteiger partial charge in [-0.2, -0.15) is 0 Å². The molecule has 0 aliphatic carbocycles. The van der Waals surface area contributed by atoms with Crippen LogP contribution in [-0.4, -0.2) is 58.9 Å². The minimum atomic E-state index is -0.323. The summed E-state index contributed by atoms with van der Waals surface area (Å²) in [4.78, 5) is 33.0. The molecule has 27 heavy (non-hydrogen) atoms. The highest BCUT2D eigenvalue weighted by Crippen LogP contribution is 2.22. The zero-order valence-electron chi connectivity index (χ0n) is 16.0. The van der Waals surface area contributed by atoms with Crippen molar-refractivity contribution >= 4 is 11.9 Å². The second kappa shape index (κ2) is 8.31. The van der Waals surface area contributed by atoms with Crippen LogP contribution in [-0.2, 0) is 11.3 Å². The Labute approximate surface area is 159 Å². The predicted octanol–water partition coefficient (Wildman–Crippen LogP) is 2.60. The minimum Gasteiger partial charge on any atom is -0.465 e. The lowest BCUT2D eigenvalue weighted by Gasteiger charge is -2.44. The van der Waals surface area contributed by atoms with E-state index in [0.717, 1.165) is 5.56 Å². The Hall–Kier alpha value is -2.73. The molecule has 2 atom stereocenters. The summed E-state index contributed by atoms with van der Waals surface area (Å²) in [6, 6.07) is 11.4. The SMILES string of the molecule is COC(=O)c1ccccc1CN1[C@H](C)CN(C(=O)c2cccnc2)C[C@@H]1C. The van der Waals surface area contributed by atoms with E-state index in [9.17, 15) is 9.59 Å². The maximum atomic E-state index is 12.7. The van der Waals surface area contributed by atoms with Crippen LogP contribution in [0.5, 0.6) is 0 Å². The van der Waals surface area contributed by atoms with Crippen LogP contribution in [0.25, 0.3) is 0 Å². The van der Waals surface area contributed by atoms with Crippen molar-refractivity contribution in [1.82, 2.24) is 14.8 Å². The molecule has 6 nitrogen and oxygen atoms in total. The number of ether oxygens (including phenoxy) is 1. The van der Waals surface area contributed by atoms with Crippen LogP contribution in [0.4, 0.5) is 0 Å². The first-order chi connectivity index (χ1) is 13.0. The summed E-state index contributed by atoms with van der Waals surface area (Å²) in [6.07, 6.45) is 3.27. The fourth-order valence-corrected chi connectivity index (χ4v) is 3.67. The quantitative estimate of drug-likeness (QED) is 0.778. The van der Waals surface area contributed by atoms with Crippen LogP contribution in [0, 0.1) is 0 Å². The van der Waals surface area contributed by atoms with Crippen molar-refractivity contribution in [2.24, 2.45) is 0 Å². The van der Waals surface area contributed by atoms with Crippen LogP contribution in [0.15, 0.2) is 48.8 Å². The van der Waals surface area contributed by atoms with Gasteiger partial charge in [-0.15, -0.1) is 0 Å². The molecule has 1 aromatic carbocycles. The van der Waals surface area contributed by atoms with Crippen molar-refractivity contribution in [3.63, 3.8) is 0 Å². The number of hydrogen-bond acceptors (Lipinski definition) is 5. The Bertz CT molecular complexity index is 797. The van der Waals surface area contributed by atoms with Gasteiger partial charge in [-0.3, -0.25) is 14.7 Å². The van der Waals surface area contributed by atoms with Crippen molar-refractivity contribution in [2.45, 2.75) is 32.5 Å². The van der Waals surface area contributed by atoms with Gasteiger partial charge in [-0.25, -0.2) is 4.79 Å². The van der Waals surface area contributed by atoms with Crippen molar-refractivity contribution in [2.75, 3.05) is 20.2 Å². The average molecular weight is 367 g/mol. The van der Waals surface area contributed by atoms with E-state index in [0.29, 0.717) is 30.8 Å². The fourth-order valence-electron chi connectivity index (χ4n) is 3.67. The number of carbonyl (C=O) groups excluding carboxylic acids is 2. The molecule has 3 rings (SSSR count). The highest BCUT2D eigenvalue weighted by atomic mass is 16.5. The van der Waals surface area contributed by atoms with Gasteiger partial charge in [-0.1, -0.05) is 18.2 Å². The molecule has 1 aromatic heterocycles. The van der Waals surface area contributed by atoms with Crippen LogP contribution in [0.3, 0.4) is 0 Å². The first-order valence-electron chi connectivity index (χ1n) is 9.12.